The summed E-state index contributed by atoms with van der Waals surface area (Å²) in [6.07, 6.45) is 0. The zero-order valence-corrected chi connectivity index (χ0v) is 12.7. The van der Waals surface area contributed by atoms with Crippen LogP contribution in [0.4, 0.5) is 16.4 Å². The maximum Gasteiger partial charge on any atom is 0.324 e. The fourth-order valence-electron chi connectivity index (χ4n) is 1.73. The molecule has 0 aliphatic heterocycles. The van der Waals surface area contributed by atoms with Gasteiger partial charge in [-0.3, -0.25) is 10.1 Å². The van der Waals surface area contributed by atoms with Crippen molar-refractivity contribution in [3.05, 3.63) is 50.3 Å². The molecule has 0 radical (unpaired) electrons. The third kappa shape index (κ3) is 3.40. The minimum absolute atomic E-state index is 0.155. The first-order chi connectivity index (χ1) is 9.47. The quantitative estimate of drug-likeness (QED) is 0.670. The van der Waals surface area contributed by atoms with Gasteiger partial charge in [-0.15, -0.1) is 0 Å². The summed E-state index contributed by atoms with van der Waals surface area (Å²) in [6, 6.07) is 8.99. The van der Waals surface area contributed by atoms with Gasteiger partial charge in [0.25, 0.3) is 0 Å². The first kappa shape index (κ1) is 14.6. The fraction of sp³-hybridized carbons (Fsp3) is 0.231. The molecule has 0 atom stereocenters. The first-order valence-electron chi connectivity index (χ1n) is 5.91. The second-order valence-electron chi connectivity index (χ2n) is 4.41. The van der Waals surface area contributed by atoms with Crippen molar-refractivity contribution in [3.63, 3.8) is 0 Å². The molecule has 7 heteroatoms. The number of halogens is 1. The average molecular weight is 312 g/mol. The Balaban J connectivity index is 2.03. The van der Waals surface area contributed by atoms with Crippen LogP contribution < -0.4 is 10.2 Å². The maximum atomic E-state index is 10.6. The van der Waals surface area contributed by atoms with E-state index in [-0.39, 0.29) is 9.92 Å². The monoisotopic (exact) mass is 311 g/mol. The van der Waals surface area contributed by atoms with Crippen molar-refractivity contribution in [2.24, 2.45) is 0 Å². The van der Waals surface area contributed by atoms with Gasteiger partial charge in [0, 0.05) is 37.3 Å². The molecule has 0 aliphatic rings. The van der Waals surface area contributed by atoms with Crippen LogP contribution in [0.5, 0.6) is 0 Å². The molecule has 1 N–H and O–H groups in total. The molecule has 2 aromatic rings. The summed E-state index contributed by atoms with van der Waals surface area (Å²) in [5.41, 5.74) is 1.83. The summed E-state index contributed by atoms with van der Waals surface area (Å²) >= 11 is 7.35. The largest absolute Gasteiger partial charge is 0.380 e. The number of hydrogen-bond donors (Lipinski definition) is 1. The van der Waals surface area contributed by atoms with Gasteiger partial charge in [0.1, 0.15) is 0 Å². The minimum Gasteiger partial charge on any atom is -0.380 e. The number of rotatable bonds is 5. The van der Waals surface area contributed by atoms with E-state index in [0.29, 0.717) is 11.6 Å². The van der Waals surface area contributed by atoms with E-state index in [0.717, 1.165) is 16.3 Å². The molecule has 0 fully saturated rings. The molecule has 0 aliphatic carbocycles. The van der Waals surface area contributed by atoms with Crippen LogP contribution in [0, 0.1) is 10.1 Å². The van der Waals surface area contributed by atoms with Crippen LogP contribution in [0.1, 0.15) is 4.88 Å². The third-order valence-corrected chi connectivity index (χ3v) is 4.06. The Hall–Kier alpha value is -1.79. The molecule has 0 spiro atoms. The number of nitro groups is 1. The Labute approximate surface area is 125 Å². The molecule has 106 valence electrons. The zero-order chi connectivity index (χ0) is 14.7. The second kappa shape index (κ2) is 6.11. The van der Waals surface area contributed by atoms with Crippen LogP contribution >= 0.6 is 22.9 Å². The molecule has 1 aromatic carbocycles. The smallest absolute Gasteiger partial charge is 0.324 e. The Morgan fingerprint density at radius 3 is 2.65 bits per heavy atom. The summed E-state index contributed by atoms with van der Waals surface area (Å²) in [5, 5.41) is 14.6. The highest BCUT2D eigenvalue weighted by Crippen LogP contribution is 2.28. The van der Waals surface area contributed by atoms with Crippen LogP contribution in [0.15, 0.2) is 30.3 Å². The summed E-state index contributed by atoms with van der Waals surface area (Å²) in [6.45, 7) is 0.538. The van der Waals surface area contributed by atoms with Crippen LogP contribution in [0.25, 0.3) is 0 Å². The third-order valence-electron chi connectivity index (χ3n) is 2.72. The molecule has 1 aromatic heterocycles. The summed E-state index contributed by atoms with van der Waals surface area (Å²) in [5.74, 6) is 0. The number of anilines is 2. The van der Waals surface area contributed by atoms with Gasteiger partial charge in [-0.05, 0) is 24.3 Å². The van der Waals surface area contributed by atoms with Gasteiger partial charge in [-0.2, -0.15) is 0 Å². The highest BCUT2D eigenvalue weighted by Gasteiger charge is 2.09. The van der Waals surface area contributed by atoms with Crippen LogP contribution in [0.3, 0.4) is 0 Å². The van der Waals surface area contributed by atoms with Crippen molar-refractivity contribution in [3.8, 4) is 0 Å². The van der Waals surface area contributed by atoms with Crippen molar-refractivity contribution < 1.29 is 4.92 Å². The summed E-state index contributed by atoms with van der Waals surface area (Å²) in [7, 11) is 3.86. The highest BCUT2D eigenvalue weighted by molar-refractivity contribution is 7.15. The molecular weight excluding hydrogens is 298 g/mol. The highest BCUT2D eigenvalue weighted by atomic mass is 35.5. The lowest BCUT2D eigenvalue weighted by molar-refractivity contribution is -0.380. The van der Waals surface area contributed by atoms with E-state index in [1.54, 1.807) is 6.07 Å². The van der Waals surface area contributed by atoms with E-state index in [1.807, 2.05) is 37.2 Å². The maximum absolute atomic E-state index is 10.6. The van der Waals surface area contributed by atoms with Crippen molar-refractivity contribution >= 4 is 39.3 Å². The molecule has 0 saturated carbocycles. The van der Waals surface area contributed by atoms with E-state index in [2.05, 4.69) is 5.32 Å². The van der Waals surface area contributed by atoms with Crippen molar-refractivity contribution in [2.45, 2.75) is 6.54 Å². The standard InChI is InChI=1S/C13H14ClN3O2S/c1-16(2)12-5-3-9(7-11(12)14)15-8-10-4-6-13(20-10)17(18)19/h3-7,15H,8H2,1-2H3. The fourth-order valence-corrected chi connectivity index (χ4v) is 2.84. The van der Waals surface area contributed by atoms with E-state index in [9.17, 15) is 10.1 Å². The molecule has 0 bridgehead atoms. The van der Waals surface area contributed by atoms with Gasteiger partial charge in [0.2, 0.25) is 0 Å². The lowest BCUT2D eigenvalue weighted by Gasteiger charge is -2.15. The molecule has 0 saturated heterocycles. The Kier molecular flexibility index (Phi) is 4.46. The molecule has 2 rings (SSSR count). The number of thiophene rings is 1. The summed E-state index contributed by atoms with van der Waals surface area (Å²) < 4.78 is 0. The summed E-state index contributed by atoms with van der Waals surface area (Å²) in [4.78, 5) is 13.1. The lowest BCUT2D eigenvalue weighted by atomic mass is 10.2. The molecule has 0 unspecified atom stereocenters. The van der Waals surface area contributed by atoms with E-state index in [4.69, 9.17) is 11.6 Å². The lowest BCUT2D eigenvalue weighted by Crippen LogP contribution is -2.09. The van der Waals surface area contributed by atoms with E-state index < -0.39 is 0 Å². The van der Waals surface area contributed by atoms with Crippen molar-refractivity contribution in [1.82, 2.24) is 0 Å². The molecule has 5 nitrogen and oxygen atoms in total. The Bertz CT molecular complexity index is 628. The van der Waals surface area contributed by atoms with Crippen molar-refractivity contribution in [1.29, 1.82) is 0 Å². The predicted octanol–water partition coefficient (Wildman–Crippen LogP) is 3.99. The SMILES string of the molecule is CN(C)c1ccc(NCc2ccc([N+](=O)[O-])s2)cc1Cl. The molecule has 0 amide bonds. The second-order valence-corrected chi connectivity index (χ2v) is 5.97. The Morgan fingerprint density at radius 2 is 2.10 bits per heavy atom. The van der Waals surface area contributed by atoms with Gasteiger partial charge in [0.15, 0.2) is 0 Å². The van der Waals surface area contributed by atoms with Crippen LogP contribution in [-0.4, -0.2) is 19.0 Å². The minimum atomic E-state index is -0.378. The van der Waals surface area contributed by atoms with E-state index in [1.165, 1.54) is 17.4 Å². The van der Waals surface area contributed by atoms with Crippen LogP contribution in [-0.2, 0) is 6.54 Å². The average Bonchev–Trinajstić information content (AvgIpc) is 2.85. The molecule has 1 heterocycles. The number of benzene rings is 1. The van der Waals surface area contributed by atoms with E-state index >= 15 is 0 Å². The van der Waals surface area contributed by atoms with Gasteiger partial charge < -0.3 is 10.2 Å². The normalized spacial score (nSPS) is 10.3. The van der Waals surface area contributed by atoms with Crippen molar-refractivity contribution in [2.75, 3.05) is 24.3 Å². The first-order valence-corrected chi connectivity index (χ1v) is 7.10. The molecule has 20 heavy (non-hydrogen) atoms. The number of nitrogens with one attached hydrogen (secondary N) is 1. The number of nitrogens with zero attached hydrogens (tertiary/aromatic N) is 2. The van der Waals surface area contributed by atoms with Gasteiger partial charge >= 0.3 is 5.00 Å². The zero-order valence-electron chi connectivity index (χ0n) is 11.1. The molecular formula is C13H14ClN3O2S. The predicted molar refractivity (Wildman–Crippen MR) is 84.1 cm³/mol. The topological polar surface area (TPSA) is 58.4 Å². The number of hydrogen-bond acceptors (Lipinski definition) is 5. The van der Waals surface area contributed by atoms with Gasteiger partial charge in [0.05, 0.1) is 15.6 Å². The van der Waals surface area contributed by atoms with Crippen LogP contribution in [0.2, 0.25) is 5.02 Å². The Morgan fingerprint density at radius 1 is 1.35 bits per heavy atom. The van der Waals surface area contributed by atoms with Gasteiger partial charge in [-0.1, -0.05) is 22.9 Å². The van der Waals surface area contributed by atoms with Gasteiger partial charge in [-0.25, -0.2) is 0 Å².